The molecule has 0 aliphatic heterocycles. The van der Waals surface area contributed by atoms with Crippen molar-refractivity contribution in [3.63, 3.8) is 0 Å². The summed E-state index contributed by atoms with van der Waals surface area (Å²) in [4.78, 5) is 28.4. The highest BCUT2D eigenvalue weighted by molar-refractivity contribution is 6.12. The number of nitrogens with zero attached hydrogens (tertiary/aromatic N) is 1. The van der Waals surface area contributed by atoms with Crippen molar-refractivity contribution >= 4 is 11.8 Å². The molecular formula is C16H15NO4. The molecule has 5 heteroatoms. The van der Waals surface area contributed by atoms with Crippen LogP contribution in [0.1, 0.15) is 21.8 Å². The van der Waals surface area contributed by atoms with Crippen LogP contribution in [0, 0.1) is 0 Å². The lowest BCUT2D eigenvalue weighted by molar-refractivity contribution is -0.141. The van der Waals surface area contributed by atoms with E-state index in [-0.39, 0.29) is 5.78 Å². The van der Waals surface area contributed by atoms with E-state index in [1.807, 2.05) is 0 Å². The molecule has 108 valence electrons. The molecule has 1 heterocycles. The molecule has 5 nitrogen and oxygen atoms in total. The maximum absolute atomic E-state index is 12.5. The fourth-order valence-corrected chi connectivity index (χ4v) is 1.99. The SMILES string of the molecule is COC(=O)[C@@H](C(=O)c1ccncc1)c1ccc(OC)cc1. The summed E-state index contributed by atoms with van der Waals surface area (Å²) in [5.41, 5.74) is 0.973. The second-order valence-electron chi connectivity index (χ2n) is 4.33. The number of ketones is 1. The average molecular weight is 285 g/mol. The molecule has 0 radical (unpaired) electrons. The van der Waals surface area contributed by atoms with E-state index in [1.165, 1.54) is 19.5 Å². The van der Waals surface area contributed by atoms with Crippen LogP contribution in [-0.2, 0) is 9.53 Å². The van der Waals surface area contributed by atoms with Crippen LogP contribution in [-0.4, -0.2) is 31.0 Å². The van der Waals surface area contributed by atoms with Gasteiger partial charge in [-0.1, -0.05) is 12.1 Å². The number of methoxy groups -OCH3 is 2. The Morgan fingerprint density at radius 1 is 1.00 bits per heavy atom. The standard InChI is InChI=1S/C16H15NO4/c1-20-13-5-3-11(4-6-13)14(16(19)21-2)15(18)12-7-9-17-10-8-12/h3-10,14H,1-2H3/t14-/m1/s1. The first-order valence-corrected chi connectivity index (χ1v) is 6.33. The highest BCUT2D eigenvalue weighted by atomic mass is 16.5. The molecule has 2 aromatic rings. The summed E-state index contributed by atoms with van der Waals surface area (Å²) in [6.45, 7) is 0. The monoisotopic (exact) mass is 285 g/mol. The number of Topliss-reactive ketones (excluding diaryl/α,β-unsaturated/α-hetero) is 1. The fourth-order valence-electron chi connectivity index (χ4n) is 1.99. The predicted molar refractivity (Wildman–Crippen MR) is 76.3 cm³/mol. The van der Waals surface area contributed by atoms with Gasteiger partial charge in [0, 0.05) is 18.0 Å². The number of rotatable bonds is 5. The van der Waals surface area contributed by atoms with Crippen molar-refractivity contribution in [1.82, 2.24) is 4.98 Å². The molecule has 0 saturated carbocycles. The summed E-state index contributed by atoms with van der Waals surface area (Å²) < 4.78 is 9.83. The van der Waals surface area contributed by atoms with E-state index in [0.29, 0.717) is 16.9 Å². The number of hydrogen-bond donors (Lipinski definition) is 0. The maximum Gasteiger partial charge on any atom is 0.321 e. The predicted octanol–water partition coefficient (Wildman–Crippen LogP) is 2.23. The van der Waals surface area contributed by atoms with Crippen molar-refractivity contribution in [2.45, 2.75) is 5.92 Å². The Morgan fingerprint density at radius 2 is 1.62 bits per heavy atom. The summed E-state index contributed by atoms with van der Waals surface area (Å²) in [7, 11) is 2.81. The van der Waals surface area contributed by atoms with Crippen LogP contribution in [0.15, 0.2) is 48.8 Å². The molecular weight excluding hydrogens is 270 g/mol. The quantitative estimate of drug-likeness (QED) is 0.479. The van der Waals surface area contributed by atoms with Crippen molar-refractivity contribution in [3.05, 3.63) is 59.9 Å². The van der Waals surface area contributed by atoms with E-state index in [4.69, 9.17) is 9.47 Å². The Kier molecular flexibility index (Phi) is 4.66. The lowest BCUT2D eigenvalue weighted by Crippen LogP contribution is -2.23. The second-order valence-corrected chi connectivity index (χ2v) is 4.33. The van der Waals surface area contributed by atoms with Gasteiger partial charge in [-0.25, -0.2) is 0 Å². The van der Waals surface area contributed by atoms with Crippen LogP contribution in [0.25, 0.3) is 0 Å². The van der Waals surface area contributed by atoms with Gasteiger partial charge in [-0.3, -0.25) is 14.6 Å². The first-order chi connectivity index (χ1) is 10.2. The molecule has 0 bridgehead atoms. The van der Waals surface area contributed by atoms with Crippen LogP contribution >= 0.6 is 0 Å². The van der Waals surface area contributed by atoms with E-state index in [0.717, 1.165) is 0 Å². The second kappa shape index (κ2) is 6.65. The Labute approximate surface area is 122 Å². The number of hydrogen-bond acceptors (Lipinski definition) is 5. The van der Waals surface area contributed by atoms with Crippen molar-refractivity contribution < 1.29 is 19.1 Å². The Bertz CT molecular complexity index is 622. The van der Waals surface area contributed by atoms with Crippen LogP contribution in [0.4, 0.5) is 0 Å². The Morgan fingerprint density at radius 3 is 2.14 bits per heavy atom. The minimum absolute atomic E-state index is 0.325. The summed E-state index contributed by atoms with van der Waals surface area (Å²) >= 11 is 0. The topological polar surface area (TPSA) is 65.5 Å². The van der Waals surface area contributed by atoms with Gasteiger partial charge in [0.25, 0.3) is 0 Å². The molecule has 1 aromatic heterocycles. The van der Waals surface area contributed by atoms with Crippen LogP contribution in [0.5, 0.6) is 5.75 Å². The normalized spacial score (nSPS) is 11.5. The summed E-state index contributed by atoms with van der Waals surface area (Å²) in [6.07, 6.45) is 3.02. The zero-order chi connectivity index (χ0) is 15.2. The minimum Gasteiger partial charge on any atom is -0.497 e. The number of benzene rings is 1. The van der Waals surface area contributed by atoms with Gasteiger partial charge in [0.05, 0.1) is 14.2 Å². The van der Waals surface area contributed by atoms with Crippen LogP contribution in [0.3, 0.4) is 0 Å². The van der Waals surface area contributed by atoms with E-state index >= 15 is 0 Å². The van der Waals surface area contributed by atoms with Crippen molar-refractivity contribution in [2.24, 2.45) is 0 Å². The third-order valence-corrected chi connectivity index (χ3v) is 3.11. The van der Waals surface area contributed by atoms with Crippen molar-refractivity contribution in [2.75, 3.05) is 14.2 Å². The highest BCUT2D eigenvalue weighted by Crippen LogP contribution is 2.24. The van der Waals surface area contributed by atoms with Crippen molar-refractivity contribution in [3.8, 4) is 5.75 Å². The first kappa shape index (κ1) is 14.7. The van der Waals surface area contributed by atoms with Gasteiger partial charge in [-0.15, -0.1) is 0 Å². The summed E-state index contributed by atoms with van der Waals surface area (Å²) in [5, 5.41) is 0. The first-order valence-electron chi connectivity index (χ1n) is 6.33. The third-order valence-electron chi connectivity index (χ3n) is 3.11. The van der Waals surface area contributed by atoms with Crippen LogP contribution < -0.4 is 4.74 Å². The number of pyridine rings is 1. The maximum atomic E-state index is 12.5. The molecule has 2 rings (SSSR count). The molecule has 1 aromatic carbocycles. The molecule has 0 unspecified atom stereocenters. The fraction of sp³-hybridized carbons (Fsp3) is 0.188. The summed E-state index contributed by atoms with van der Waals surface area (Å²) in [6, 6.07) is 9.90. The van der Waals surface area contributed by atoms with E-state index in [2.05, 4.69) is 4.98 Å². The molecule has 0 saturated heterocycles. The number of carbonyl (C=O) groups is 2. The molecule has 0 aliphatic rings. The minimum atomic E-state index is -0.997. The van der Waals surface area contributed by atoms with Gasteiger partial charge in [0.1, 0.15) is 11.7 Å². The average Bonchev–Trinajstić information content (AvgIpc) is 2.56. The smallest absolute Gasteiger partial charge is 0.321 e. The zero-order valence-corrected chi connectivity index (χ0v) is 11.8. The third kappa shape index (κ3) is 3.25. The van der Waals surface area contributed by atoms with E-state index in [9.17, 15) is 9.59 Å². The zero-order valence-electron chi connectivity index (χ0n) is 11.8. The Hall–Kier alpha value is -2.69. The number of ether oxygens (including phenoxy) is 2. The van der Waals surface area contributed by atoms with E-state index in [1.54, 1.807) is 43.5 Å². The van der Waals surface area contributed by atoms with Gasteiger partial charge in [0.2, 0.25) is 0 Å². The van der Waals surface area contributed by atoms with Gasteiger partial charge >= 0.3 is 5.97 Å². The van der Waals surface area contributed by atoms with E-state index < -0.39 is 11.9 Å². The Balaban J connectivity index is 2.38. The number of carbonyl (C=O) groups excluding carboxylic acids is 2. The van der Waals surface area contributed by atoms with Gasteiger partial charge in [0.15, 0.2) is 5.78 Å². The number of aromatic nitrogens is 1. The molecule has 0 spiro atoms. The molecule has 0 N–H and O–H groups in total. The van der Waals surface area contributed by atoms with Crippen molar-refractivity contribution in [1.29, 1.82) is 0 Å². The van der Waals surface area contributed by atoms with Crippen LogP contribution in [0.2, 0.25) is 0 Å². The van der Waals surface area contributed by atoms with Gasteiger partial charge in [-0.2, -0.15) is 0 Å². The number of esters is 1. The lowest BCUT2D eigenvalue weighted by atomic mass is 9.91. The lowest BCUT2D eigenvalue weighted by Gasteiger charge is -2.14. The highest BCUT2D eigenvalue weighted by Gasteiger charge is 2.30. The molecule has 0 aliphatic carbocycles. The largest absolute Gasteiger partial charge is 0.497 e. The van der Waals surface area contributed by atoms with Gasteiger partial charge < -0.3 is 9.47 Å². The summed E-state index contributed by atoms with van der Waals surface area (Å²) in [5.74, 6) is -1.27. The molecule has 0 amide bonds. The van der Waals surface area contributed by atoms with Gasteiger partial charge in [-0.05, 0) is 29.8 Å². The molecule has 0 fully saturated rings. The molecule has 21 heavy (non-hydrogen) atoms. The molecule has 1 atom stereocenters.